The number of ether oxygens (including phenoxy) is 1. The molecule has 150 valence electrons. The molecule has 1 aromatic heterocycles. The van der Waals surface area contributed by atoms with Crippen LogP contribution in [0.2, 0.25) is 0 Å². The highest BCUT2D eigenvalue weighted by molar-refractivity contribution is 5.97. The molecule has 8 heteroatoms. The molecule has 2 aliphatic rings. The highest BCUT2D eigenvalue weighted by Crippen LogP contribution is 2.30. The van der Waals surface area contributed by atoms with Crippen molar-refractivity contribution in [1.29, 1.82) is 0 Å². The van der Waals surface area contributed by atoms with E-state index in [9.17, 15) is 9.90 Å². The Morgan fingerprint density at radius 2 is 2.11 bits per heavy atom. The number of nitrogens with one attached hydrogen (secondary N) is 2. The third kappa shape index (κ3) is 5.29. The van der Waals surface area contributed by atoms with Gasteiger partial charge in [0.15, 0.2) is 0 Å². The van der Waals surface area contributed by atoms with Crippen LogP contribution in [0.25, 0.3) is 0 Å². The maximum Gasteiger partial charge on any atom is 0.254 e. The predicted molar refractivity (Wildman–Crippen MR) is 104 cm³/mol. The zero-order valence-electron chi connectivity index (χ0n) is 18.7. The van der Waals surface area contributed by atoms with Gasteiger partial charge in [0.25, 0.3) is 5.91 Å². The molecule has 3 rings (SSSR count). The summed E-state index contributed by atoms with van der Waals surface area (Å²) < 4.78 is 26.8. The normalized spacial score (nSPS) is 33.4. The number of amides is 1. The van der Waals surface area contributed by atoms with Gasteiger partial charge in [-0.1, -0.05) is 0 Å². The number of nitrogens with zero attached hydrogens (tertiary/aromatic N) is 2. The monoisotopic (exact) mass is 380 g/mol. The second-order valence-corrected chi connectivity index (χ2v) is 7.99. The van der Waals surface area contributed by atoms with E-state index < -0.39 is 18.5 Å². The first-order chi connectivity index (χ1) is 14.0. The predicted octanol–water partition coefficient (Wildman–Crippen LogP) is 2.05. The average Bonchev–Trinajstić information content (AvgIpc) is 2.61. The molecule has 5 N–H and O–H groups in total. The molecule has 2 atom stereocenters. The lowest BCUT2D eigenvalue weighted by Gasteiger charge is -2.34. The van der Waals surface area contributed by atoms with Gasteiger partial charge in [0.2, 0.25) is 5.95 Å². The summed E-state index contributed by atoms with van der Waals surface area (Å²) >= 11 is 0. The second-order valence-electron chi connectivity index (χ2n) is 7.99. The molecule has 2 saturated carbocycles. The SMILES string of the molecule is [2H]C([2H])([2H])O[C@H]1CC[C@H](Nc2ncc(C(N)=O)c(N[C@@H]3CCC[C@](C)(O)C3)n2)CC1. The Hall–Kier alpha value is -1.93. The highest BCUT2D eigenvalue weighted by Gasteiger charge is 2.31. The van der Waals surface area contributed by atoms with Crippen LogP contribution in [0, 0.1) is 0 Å². The average molecular weight is 381 g/mol. The molecule has 2 aliphatic carbocycles. The number of methoxy groups -OCH3 is 1. The molecule has 0 unspecified atom stereocenters. The minimum Gasteiger partial charge on any atom is -0.390 e. The molecule has 0 aromatic carbocycles. The van der Waals surface area contributed by atoms with Crippen molar-refractivity contribution in [3.63, 3.8) is 0 Å². The van der Waals surface area contributed by atoms with E-state index >= 15 is 0 Å². The van der Waals surface area contributed by atoms with Crippen LogP contribution in [0.15, 0.2) is 6.20 Å². The number of carbonyl (C=O) groups is 1. The third-order valence-electron chi connectivity index (χ3n) is 5.52. The molecule has 0 saturated heterocycles. The summed E-state index contributed by atoms with van der Waals surface area (Å²) in [6, 6.07) is 0.0752. The molecule has 8 nitrogen and oxygen atoms in total. The first-order valence-electron chi connectivity index (χ1n) is 11.1. The molecule has 27 heavy (non-hydrogen) atoms. The van der Waals surface area contributed by atoms with Crippen molar-refractivity contribution in [2.24, 2.45) is 5.73 Å². The van der Waals surface area contributed by atoms with Crippen molar-refractivity contribution < 1.29 is 18.8 Å². The van der Waals surface area contributed by atoms with Gasteiger partial charge in [-0.3, -0.25) is 4.79 Å². The van der Waals surface area contributed by atoms with Gasteiger partial charge in [0, 0.05) is 25.3 Å². The lowest BCUT2D eigenvalue weighted by Crippen LogP contribution is -2.38. The summed E-state index contributed by atoms with van der Waals surface area (Å²) in [5.74, 6) is 0.126. The number of rotatable bonds is 6. The fourth-order valence-corrected chi connectivity index (χ4v) is 4.03. The van der Waals surface area contributed by atoms with Crippen LogP contribution in [0.3, 0.4) is 0 Å². The minimum atomic E-state index is -2.37. The van der Waals surface area contributed by atoms with E-state index in [1.807, 2.05) is 6.92 Å². The van der Waals surface area contributed by atoms with Crippen LogP contribution in [0.1, 0.15) is 72.8 Å². The zero-order valence-corrected chi connectivity index (χ0v) is 15.7. The Bertz CT molecular complexity index is 751. The lowest BCUT2D eigenvalue weighted by atomic mass is 9.83. The smallest absolute Gasteiger partial charge is 0.254 e. The van der Waals surface area contributed by atoms with Crippen molar-refractivity contribution in [2.45, 2.75) is 82.1 Å². The van der Waals surface area contributed by atoms with Gasteiger partial charge in [-0.15, -0.1) is 0 Å². The number of carbonyl (C=O) groups excluding carboxylic acids is 1. The van der Waals surface area contributed by atoms with Gasteiger partial charge in [-0.2, -0.15) is 4.98 Å². The Kier molecular flexibility index (Phi) is 4.99. The zero-order chi connectivity index (χ0) is 21.9. The topological polar surface area (TPSA) is 122 Å². The van der Waals surface area contributed by atoms with Gasteiger partial charge < -0.3 is 26.2 Å². The molecule has 2 fully saturated rings. The maximum atomic E-state index is 11.8. The number of aliphatic hydroxyl groups is 1. The number of hydrogen-bond donors (Lipinski definition) is 4. The van der Waals surface area contributed by atoms with Crippen molar-refractivity contribution >= 4 is 17.7 Å². The standard InChI is InChI=1S/C19H31N5O3/c1-19(26)9-3-4-13(10-19)22-17-15(16(20)25)11-21-18(24-17)23-12-5-7-14(27-2)8-6-12/h11-14,26H,3-10H2,1-2H3,(H2,20,25)(H2,21,22,23,24)/t12-,13-,14-,19+/m1/s1/i2D3. The van der Waals surface area contributed by atoms with Crippen LogP contribution in [-0.2, 0) is 4.74 Å². The van der Waals surface area contributed by atoms with Crippen molar-refractivity contribution in [1.82, 2.24) is 9.97 Å². The number of nitrogens with two attached hydrogens (primary N) is 1. The maximum absolute atomic E-state index is 11.8. The summed E-state index contributed by atoms with van der Waals surface area (Å²) in [6.45, 7) is 1.81. The quantitative estimate of drug-likeness (QED) is 0.596. The Morgan fingerprint density at radius 3 is 2.78 bits per heavy atom. The molecule has 1 aromatic rings. The minimum absolute atomic E-state index is 0.0120. The van der Waals surface area contributed by atoms with Crippen LogP contribution < -0.4 is 16.4 Å². The Morgan fingerprint density at radius 1 is 1.33 bits per heavy atom. The van der Waals surface area contributed by atoms with Crippen LogP contribution in [0.4, 0.5) is 11.8 Å². The van der Waals surface area contributed by atoms with Crippen molar-refractivity contribution in [3.05, 3.63) is 11.8 Å². The van der Waals surface area contributed by atoms with Crippen molar-refractivity contribution in [2.75, 3.05) is 17.7 Å². The fraction of sp³-hybridized carbons (Fsp3) is 0.737. The fourth-order valence-electron chi connectivity index (χ4n) is 4.03. The first kappa shape index (κ1) is 16.1. The summed E-state index contributed by atoms with van der Waals surface area (Å²) in [5.41, 5.74) is 4.95. The van der Waals surface area contributed by atoms with Gasteiger partial charge in [-0.05, 0) is 58.3 Å². The summed E-state index contributed by atoms with van der Waals surface area (Å²) in [6.07, 6.45) is 6.93. The van der Waals surface area contributed by atoms with E-state index in [4.69, 9.17) is 14.6 Å². The molecule has 1 amide bonds. The first-order valence-corrected chi connectivity index (χ1v) is 9.61. The van der Waals surface area contributed by atoms with Crippen molar-refractivity contribution in [3.8, 4) is 0 Å². The van der Waals surface area contributed by atoms with Gasteiger partial charge >= 0.3 is 0 Å². The summed E-state index contributed by atoms with van der Waals surface area (Å²) in [4.78, 5) is 20.5. The number of aromatic nitrogens is 2. The summed E-state index contributed by atoms with van der Waals surface area (Å²) in [7, 11) is -2.37. The van der Waals surface area contributed by atoms with Gasteiger partial charge in [-0.25, -0.2) is 4.98 Å². The largest absolute Gasteiger partial charge is 0.390 e. The molecular weight excluding hydrogens is 346 g/mol. The molecule has 0 radical (unpaired) electrons. The molecule has 0 spiro atoms. The van der Waals surface area contributed by atoms with Crippen LogP contribution in [0.5, 0.6) is 0 Å². The number of hydrogen-bond acceptors (Lipinski definition) is 7. The number of primary amides is 1. The third-order valence-corrected chi connectivity index (χ3v) is 5.52. The molecule has 0 bridgehead atoms. The van der Waals surface area contributed by atoms with Crippen LogP contribution >= 0.6 is 0 Å². The molecule has 0 aliphatic heterocycles. The van der Waals surface area contributed by atoms with E-state index in [0.29, 0.717) is 31.0 Å². The Labute approximate surface area is 164 Å². The number of anilines is 2. The summed E-state index contributed by atoms with van der Waals surface area (Å²) in [5, 5.41) is 16.9. The Balaban J connectivity index is 1.64. The van der Waals surface area contributed by atoms with E-state index in [1.54, 1.807) is 0 Å². The van der Waals surface area contributed by atoms with E-state index in [1.165, 1.54) is 6.20 Å². The van der Waals surface area contributed by atoms with E-state index in [-0.39, 0.29) is 23.8 Å². The van der Waals surface area contributed by atoms with Gasteiger partial charge in [0.1, 0.15) is 5.82 Å². The van der Waals surface area contributed by atoms with E-state index in [2.05, 4.69) is 20.6 Å². The highest BCUT2D eigenvalue weighted by atomic mass is 16.5. The molecule has 1 heterocycles. The van der Waals surface area contributed by atoms with E-state index in [0.717, 1.165) is 32.1 Å². The lowest BCUT2D eigenvalue weighted by molar-refractivity contribution is 0.0182. The van der Waals surface area contributed by atoms with Gasteiger partial charge in [0.05, 0.1) is 21.4 Å². The second kappa shape index (κ2) is 8.39. The molecular formula is C19H31N5O3. The van der Waals surface area contributed by atoms with Crippen LogP contribution in [-0.4, -0.2) is 51.8 Å².